The highest BCUT2D eigenvalue weighted by atomic mass is 35.5. The summed E-state index contributed by atoms with van der Waals surface area (Å²) < 4.78 is 0. The quantitative estimate of drug-likeness (QED) is 0.631. The molecular weight excluding hydrogens is 282 g/mol. The van der Waals surface area contributed by atoms with E-state index in [9.17, 15) is 4.79 Å². The number of amides is 1. The molecule has 0 saturated heterocycles. The van der Waals surface area contributed by atoms with Crippen molar-refractivity contribution in [2.24, 2.45) is 0 Å². The summed E-state index contributed by atoms with van der Waals surface area (Å²) >= 11 is 6.08. The summed E-state index contributed by atoms with van der Waals surface area (Å²) in [7, 11) is 0. The van der Waals surface area contributed by atoms with Gasteiger partial charge in [0, 0.05) is 17.6 Å². The minimum atomic E-state index is -0.0713. The third-order valence-corrected chi connectivity index (χ3v) is 3.48. The lowest BCUT2D eigenvalue weighted by atomic mass is 10.1. The number of carbonyl (C=O) groups is 1. The van der Waals surface area contributed by atoms with E-state index in [2.05, 4.69) is 5.32 Å². The van der Waals surface area contributed by atoms with Gasteiger partial charge in [-0.05, 0) is 36.1 Å². The van der Waals surface area contributed by atoms with Gasteiger partial charge in [-0.3, -0.25) is 4.79 Å². The molecule has 1 amide bonds. The molecule has 0 unspecified atom stereocenters. The van der Waals surface area contributed by atoms with E-state index in [1.807, 2.05) is 60.7 Å². The number of rotatable bonds is 6. The van der Waals surface area contributed by atoms with Gasteiger partial charge >= 0.3 is 0 Å². The van der Waals surface area contributed by atoms with Crippen LogP contribution in [0.2, 0.25) is 5.02 Å². The van der Waals surface area contributed by atoms with Crippen molar-refractivity contribution < 1.29 is 4.79 Å². The third kappa shape index (κ3) is 5.44. The fraction of sp³-hybridized carbons (Fsp3) is 0.167. The molecule has 0 heterocycles. The van der Waals surface area contributed by atoms with Crippen LogP contribution in [0.15, 0.2) is 60.7 Å². The number of carbonyl (C=O) groups excluding carboxylic acids is 1. The van der Waals surface area contributed by atoms with Crippen molar-refractivity contribution in [3.05, 3.63) is 76.8 Å². The lowest BCUT2D eigenvalue weighted by molar-refractivity contribution is -0.116. The van der Waals surface area contributed by atoms with Gasteiger partial charge in [0.25, 0.3) is 0 Å². The van der Waals surface area contributed by atoms with Gasteiger partial charge < -0.3 is 5.32 Å². The monoisotopic (exact) mass is 299 g/mol. The molecule has 0 fully saturated rings. The molecule has 0 bridgehead atoms. The highest BCUT2D eigenvalue weighted by Crippen LogP contribution is 2.16. The second-order valence-corrected chi connectivity index (χ2v) is 5.14. The Morgan fingerprint density at radius 3 is 2.52 bits per heavy atom. The molecule has 0 aliphatic heterocycles. The number of halogens is 1. The number of nitrogens with one attached hydrogen (secondary N) is 1. The zero-order valence-corrected chi connectivity index (χ0v) is 12.5. The zero-order chi connectivity index (χ0) is 14.9. The molecule has 0 radical (unpaired) electrons. The van der Waals surface area contributed by atoms with Crippen LogP contribution in [-0.4, -0.2) is 12.5 Å². The van der Waals surface area contributed by atoms with E-state index in [-0.39, 0.29) is 5.91 Å². The van der Waals surface area contributed by atoms with E-state index in [0.29, 0.717) is 6.54 Å². The molecule has 3 heteroatoms. The van der Waals surface area contributed by atoms with Crippen molar-refractivity contribution in [1.82, 2.24) is 5.32 Å². The topological polar surface area (TPSA) is 29.1 Å². The molecule has 2 aromatic rings. The Balaban J connectivity index is 1.70. The molecular formula is C18H18ClNO. The van der Waals surface area contributed by atoms with Crippen LogP contribution in [0.4, 0.5) is 0 Å². The van der Waals surface area contributed by atoms with Crippen LogP contribution in [0.3, 0.4) is 0 Å². The first-order chi connectivity index (χ1) is 10.3. The van der Waals surface area contributed by atoms with Gasteiger partial charge in [-0.15, -0.1) is 0 Å². The molecule has 108 valence electrons. The minimum absolute atomic E-state index is 0.0713. The molecule has 0 spiro atoms. The highest BCUT2D eigenvalue weighted by Gasteiger charge is 1.99. The molecule has 2 nitrogen and oxygen atoms in total. The van der Waals surface area contributed by atoms with Crippen molar-refractivity contribution in [3.63, 3.8) is 0 Å². The second kappa shape index (κ2) is 8.28. The van der Waals surface area contributed by atoms with E-state index < -0.39 is 0 Å². The first-order valence-corrected chi connectivity index (χ1v) is 7.38. The van der Waals surface area contributed by atoms with Crippen LogP contribution in [0.25, 0.3) is 6.08 Å². The number of hydrogen-bond donors (Lipinski definition) is 1. The Hall–Kier alpha value is -2.06. The van der Waals surface area contributed by atoms with E-state index in [1.54, 1.807) is 6.08 Å². The largest absolute Gasteiger partial charge is 0.353 e. The molecule has 0 aliphatic carbocycles. The molecule has 0 saturated carbocycles. The molecule has 2 rings (SSSR count). The smallest absolute Gasteiger partial charge is 0.243 e. The third-order valence-electron chi connectivity index (χ3n) is 3.11. The summed E-state index contributed by atoms with van der Waals surface area (Å²) in [6, 6.07) is 17.6. The van der Waals surface area contributed by atoms with Crippen molar-refractivity contribution in [1.29, 1.82) is 0 Å². The second-order valence-electron chi connectivity index (χ2n) is 4.73. The SMILES string of the molecule is O=C(/C=C/c1ccccc1)NCCCc1ccccc1Cl. The van der Waals surface area contributed by atoms with Crippen LogP contribution >= 0.6 is 11.6 Å². The lowest BCUT2D eigenvalue weighted by Crippen LogP contribution is -2.22. The molecule has 1 N–H and O–H groups in total. The van der Waals surface area contributed by atoms with Crippen molar-refractivity contribution in [2.75, 3.05) is 6.54 Å². The molecule has 0 atom stereocenters. The summed E-state index contributed by atoms with van der Waals surface area (Å²) in [5, 5.41) is 3.66. The molecule has 2 aromatic carbocycles. The van der Waals surface area contributed by atoms with Gasteiger partial charge in [0.05, 0.1) is 0 Å². The van der Waals surface area contributed by atoms with Gasteiger partial charge in [0.2, 0.25) is 5.91 Å². The first-order valence-electron chi connectivity index (χ1n) is 7.00. The summed E-state index contributed by atoms with van der Waals surface area (Å²) in [6.45, 7) is 0.642. The fourth-order valence-electron chi connectivity index (χ4n) is 1.99. The number of hydrogen-bond acceptors (Lipinski definition) is 1. The first kappa shape index (κ1) is 15.3. The van der Waals surface area contributed by atoms with E-state index in [4.69, 9.17) is 11.6 Å². The predicted molar refractivity (Wildman–Crippen MR) is 88.3 cm³/mol. The Labute approximate surface area is 130 Å². The van der Waals surface area contributed by atoms with E-state index in [1.165, 1.54) is 0 Å². The van der Waals surface area contributed by atoms with Crippen molar-refractivity contribution in [2.45, 2.75) is 12.8 Å². The standard InChI is InChI=1S/C18H18ClNO/c19-17-11-5-4-9-16(17)10-6-14-20-18(21)13-12-15-7-2-1-3-8-15/h1-5,7-9,11-13H,6,10,14H2,(H,20,21)/b13-12+. The maximum absolute atomic E-state index is 11.7. The molecule has 0 aromatic heterocycles. The zero-order valence-electron chi connectivity index (χ0n) is 11.8. The van der Waals surface area contributed by atoms with Gasteiger partial charge in [-0.1, -0.05) is 60.1 Å². The summed E-state index contributed by atoms with van der Waals surface area (Å²) in [5.41, 5.74) is 2.14. The average Bonchev–Trinajstić information content (AvgIpc) is 2.52. The van der Waals surface area contributed by atoms with Crippen LogP contribution in [-0.2, 0) is 11.2 Å². The van der Waals surface area contributed by atoms with Crippen LogP contribution in [0.1, 0.15) is 17.5 Å². The maximum Gasteiger partial charge on any atom is 0.243 e. The minimum Gasteiger partial charge on any atom is -0.353 e. The van der Waals surface area contributed by atoms with Crippen LogP contribution in [0, 0.1) is 0 Å². The number of aryl methyl sites for hydroxylation is 1. The van der Waals surface area contributed by atoms with Crippen molar-refractivity contribution in [3.8, 4) is 0 Å². The number of benzene rings is 2. The Bertz CT molecular complexity index is 608. The van der Waals surface area contributed by atoms with Gasteiger partial charge in [-0.2, -0.15) is 0 Å². The van der Waals surface area contributed by atoms with Gasteiger partial charge in [0.15, 0.2) is 0 Å². The Morgan fingerprint density at radius 2 is 1.76 bits per heavy atom. The van der Waals surface area contributed by atoms with Gasteiger partial charge in [-0.25, -0.2) is 0 Å². The maximum atomic E-state index is 11.7. The average molecular weight is 300 g/mol. The van der Waals surface area contributed by atoms with E-state index in [0.717, 1.165) is 29.0 Å². The Kier molecular flexibility index (Phi) is 6.04. The summed E-state index contributed by atoms with van der Waals surface area (Å²) in [4.78, 5) is 11.7. The van der Waals surface area contributed by atoms with E-state index >= 15 is 0 Å². The fourth-order valence-corrected chi connectivity index (χ4v) is 2.22. The summed E-state index contributed by atoms with van der Waals surface area (Å²) in [6.07, 6.45) is 5.10. The Morgan fingerprint density at radius 1 is 1.05 bits per heavy atom. The lowest BCUT2D eigenvalue weighted by Gasteiger charge is -2.04. The normalized spacial score (nSPS) is 10.7. The van der Waals surface area contributed by atoms with Crippen LogP contribution < -0.4 is 5.32 Å². The van der Waals surface area contributed by atoms with Crippen LogP contribution in [0.5, 0.6) is 0 Å². The summed E-state index contributed by atoms with van der Waals surface area (Å²) in [5.74, 6) is -0.0713. The highest BCUT2D eigenvalue weighted by molar-refractivity contribution is 6.31. The molecule has 0 aliphatic rings. The van der Waals surface area contributed by atoms with Crippen molar-refractivity contribution >= 4 is 23.6 Å². The predicted octanol–water partition coefficient (Wildman–Crippen LogP) is 4.10. The van der Waals surface area contributed by atoms with Gasteiger partial charge in [0.1, 0.15) is 0 Å². The molecule has 21 heavy (non-hydrogen) atoms.